The molecular weight excluding hydrogens is 449 g/mol. The molecular formula is C28H33Cl2N3. The van der Waals surface area contributed by atoms with E-state index in [2.05, 4.69) is 101 Å². The molecule has 174 valence electrons. The molecule has 1 unspecified atom stereocenters. The van der Waals surface area contributed by atoms with Gasteiger partial charge in [-0.25, -0.2) is 0 Å². The van der Waals surface area contributed by atoms with E-state index < -0.39 is 0 Å². The summed E-state index contributed by atoms with van der Waals surface area (Å²) in [6, 6.07) is 30.7. The number of hydrogen-bond acceptors (Lipinski definition) is 3. The lowest BCUT2D eigenvalue weighted by molar-refractivity contribution is 0.245. The van der Waals surface area contributed by atoms with Gasteiger partial charge in [0.15, 0.2) is 0 Å². The third-order valence-corrected chi connectivity index (χ3v) is 6.97. The van der Waals surface area contributed by atoms with Gasteiger partial charge in [0.05, 0.1) is 6.54 Å². The largest absolute Gasteiger partial charge is 0.369 e. The Balaban J connectivity index is 0.00000153. The highest BCUT2D eigenvalue weighted by molar-refractivity contribution is 5.86. The van der Waals surface area contributed by atoms with E-state index in [1.54, 1.807) is 0 Å². The van der Waals surface area contributed by atoms with Crippen LogP contribution in [0.1, 0.15) is 29.5 Å². The molecule has 2 aliphatic rings. The van der Waals surface area contributed by atoms with Crippen molar-refractivity contribution >= 4 is 36.7 Å². The maximum absolute atomic E-state index is 4.81. The summed E-state index contributed by atoms with van der Waals surface area (Å²) in [7, 11) is 0. The van der Waals surface area contributed by atoms with Gasteiger partial charge in [-0.3, -0.25) is 9.89 Å². The zero-order valence-corrected chi connectivity index (χ0v) is 20.6. The van der Waals surface area contributed by atoms with Gasteiger partial charge >= 0.3 is 0 Å². The fourth-order valence-electron chi connectivity index (χ4n) is 5.27. The van der Waals surface area contributed by atoms with E-state index in [1.807, 2.05) is 0 Å². The highest BCUT2D eigenvalue weighted by Crippen LogP contribution is 2.40. The molecule has 3 aromatic rings. The fourth-order valence-corrected chi connectivity index (χ4v) is 5.27. The van der Waals surface area contributed by atoms with E-state index in [1.165, 1.54) is 28.8 Å². The summed E-state index contributed by atoms with van der Waals surface area (Å²) in [6.45, 7) is 6.50. The molecule has 33 heavy (non-hydrogen) atoms. The summed E-state index contributed by atoms with van der Waals surface area (Å²) in [5.41, 5.74) is 5.44. The van der Waals surface area contributed by atoms with Gasteiger partial charge in [-0.1, -0.05) is 72.8 Å². The number of fused-ring (bicyclic) bond motifs is 1. The van der Waals surface area contributed by atoms with Gasteiger partial charge in [0, 0.05) is 43.5 Å². The second-order valence-corrected chi connectivity index (χ2v) is 8.77. The van der Waals surface area contributed by atoms with Crippen LogP contribution < -0.4 is 4.90 Å². The number of benzene rings is 3. The Morgan fingerprint density at radius 2 is 1.36 bits per heavy atom. The molecule has 2 heterocycles. The minimum absolute atomic E-state index is 0. The standard InChI is InChI=1S/C28H31N3.2ClH/c1-3-11-25(12-4-1)28(23-29-22-24-10-7-8-15-27(24)28)16-9-17-30-18-20-31(21-19-30)26-13-5-2-6-14-26;;/h1-8,10-15,22H,9,16-21,23H2;2*1H. The molecule has 0 N–H and O–H groups in total. The molecule has 0 bridgehead atoms. The van der Waals surface area contributed by atoms with Crippen LogP contribution in [0.3, 0.4) is 0 Å². The molecule has 1 saturated heterocycles. The summed E-state index contributed by atoms with van der Waals surface area (Å²) in [6.07, 6.45) is 4.37. The predicted molar refractivity (Wildman–Crippen MR) is 145 cm³/mol. The van der Waals surface area contributed by atoms with Crippen LogP contribution in [-0.4, -0.2) is 50.4 Å². The van der Waals surface area contributed by atoms with Crippen molar-refractivity contribution in [3.05, 3.63) is 102 Å². The lowest BCUT2D eigenvalue weighted by Gasteiger charge is -2.39. The molecule has 0 radical (unpaired) electrons. The zero-order chi connectivity index (χ0) is 20.9. The van der Waals surface area contributed by atoms with E-state index in [0.717, 1.165) is 45.7 Å². The van der Waals surface area contributed by atoms with E-state index >= 15 is 0 Å². The molecule has 0 saturated carbocycles. The summed E-state index contributed by atoms with van der Waals surface area (Å²) in [5, 5.41) is 0. The Kier molecular flexibility index (Phi) is 8.96. The Bertz CT molecular complexity index is 1020. The van der Waals surface area contributed by atoms with Gasteiger partial charge in [0.25, 0.3) is 0 Å². The monoisotopic (exact) mass is 481 g/mol. The maximum atomic E-state index is 4.81. The van der Waals surface area contributed by atoms with Crippen molar-refractivity contribution in [1.29, 1.82) is 0 Å². The molecule has 0 amide bonds. The summed E-state index contributed by atoms with van der Waals surface area (Å²) in [4.78, 5) is 9.96. The molecule has 1 fully saturated rings. The lowest BCUT2D eigenvalue weighted by Crippen LogP contribution is -2.47. The minimum Gasteiger partial charge on any atom is -0.369 e. The topological polar surface area (TPSA) is 18.8 Å². The Morgan fingerprint density at radius 3 is 2.09 bits per heavy atom. The van der Waals surface area contributed by atoms with Crippen LogP contribution in [0.4, 0.5) is 5.69 Å². The van der Waals surface area contributed by atoms with Crippen molar-refractivity contribution in [2.45, 2.75) is 18.3 Å². The number of nitrogens with zero attached hydrogens (tertiary/aromatic N) is 3. The van der Waals surface area contributed by atoms with Crippen molar-refractivity contribution in [2.24, 2.45) is 4.99 Å². The minimum atomic E-state index is -0.0154. The molecule has 1 atom stereocenters. The van der Waals surface area contributed by atoms with E-state index in [0.29, 0.717) is 0 Å². The Hall–Kier alpha value is -2.33. The summed E-state index contributed by atoms with van der Waals surface area (Å²) in [5.74, 6) is 0. The first kappa shape index (κ1) is 25.3. The summed E-state index contributed by atoms with van der Waals surface area (Å²) >= 11 is 0. The molecule has 0 aliphatic carbocycles. The number of aliphatic imine (C=N–C) groups is 1. The number of para-hydroxylation sites is 1. The van der Waals surface area contributed by atoms with Crippen LogP contribution in [0.5, 0.6) is 0 Å². The van der Waals surface area contributed by atoms with Gasteiger partial charge in [0.1, 0.15) is 0 Å². The van der Waals surface area contributed by atoms with Crippen LogP contribution >= 0.6 is 24.8 Å². The zero-order valence-electron chi connectivity index (χ0n) is 19.0. The highest BCUT2D eigenvalue weighted by Gasteiger charge is 2.37. The van der Waals surface area contributed by atoms with E-state index in [-0.39, 0.29) is 30.2 Å². The molecule has 0 aromatic heterocycles. The smallest absolute Gasteiger partial charge is 0.0527 e. The average molecular weight is 482 g/mol. The first-order chi connectivity index (χ1) is 15.4. The second kappa shape index (κ2) is 11.7. The predicted octanol–water partition coefficient (Wildman–Crippen LogP) is 5.85. The molecule has 5 heteroatoms. The van der Waals surface area contributed by atoms with Crippen molar-refractivity contribution in [3.63, 3.8) is 0 Å². The van der Waals surface area contributed by atoms with Gasteiger partial charge in [-0.15, -0.1) is 24.8 Å². The van der Waals surface area contributed by atoms with Crippen LogP contribution in [-0.2, 0) is 5.41 Å². The molecule has 0 spiro atoms. The molecule has 5 rings (SSSR count). The van der Waals surface area contributed by atoms with Crippen molar-refractivity contribution in [3.8, 4) is 0 Å². The van der Waals surface area contributed by atoms with Crippen LogP contribution in [0, 0.1) is 0 Å². The SMILES string of the molecule is C1=NCC(CCCN2CCN(c3ccccc3)CC2)(c2ccccc2)c2ccccc21.Cl.Cl. The first-order valence-corrected chi connectivity index (χ1v) is 11.5. The number of hydrogen-bond donors (Lipinski definition) is 0. The lowest BCUT2D eigenvalue weighted by atomic mass is 9.69. The molecule has 2 aliphatic heterocycles. The number of piperazine rings is 1. The Morgan fingerprint density at radius 1 is 0.727 bits per heavy atom. The van der Waals surface area contributed by atoms with E-state index in [4.69, 9.17) is 4.99 Å². The Labute approximate surface area is 210 Å². The first-order valence-electron chi connectivity index (χ1n) is 11.5. The second-order valence-electron chi connectivity index (χ2n) is 8.77. The van der Waals surface area contributed by atoms with Gasteiger partial charge in [0.2, 0.25) is 0 Å². The number of halogens is 2. The fraction of sp³-hybridized carbons (Fsp3) is 0.321. The van der Waals surface area contributed by atoms with Crippen molar-refractivity contribution < 1.29 is 0 Å². The van der Waals surface area contributed by atoms with Crippen molar-refractivity contribution in [1.82, 2.24) is 4.90 Å². The molecule has 3 nitrogen and oxygen atoms in total. The van der Waals surface area contributed by atoms with Crippen molar-refractivity contribution in [2.75, 3.05) is 44.2 Å². The normalized spacial score (nSPS) is 19.8. The number of rotatable bonds is 6. The summed E-state index contributed by atoms with van der Waals surface area (Å²) < 4.78 is 0. The van der Waals surface area contributed by atoms with Gasteiger partial charge in [-0.2, -0.15) is 0 Å². The van der Waals surface area contributed by atoms with Gasteiger partial charge in [-0.05, 0) is 48.2 Å². The molecule has 3 aromatic carbocycles. The average Bonchev–Trinajstić information content (AvgIpc) is 2.86. The third-order valence-electron chi connectivity index (χ3n) is 6.97. The quantitative estimate of drug-likeness (QED) is 0.439. The van der Waals surface area contributed by atoms with E-state index in [9.17, 15) is 0 Å². The maximum Gasteiger partial charge on any atom is 0.0527 e. The highest BCUT2D eigenvalue weighted by atomic mass is 35.5. The van der Waals surface area contributed by atoms with Gasteiger partial charge < -0.3 is 4.90 Å². The van der Waals surface area contributed by atoms with Crippen LogP contribution in [0.2, 0.25) is 0 Å². The third kappa shape index (κ3) is 5.43. The van der Waals surface area contributed by atoms with Crippen LogP contribution in [0.25, 0.3) is 0 Å². The number of anilines is 1. The van der Waals surface area contributed by atoms with Crippen LogP contribution in [0.15, 0.2) is 89.9 Å².